The summed E-state index contributed by atoms with van der Waals surface area (Å²) < 4.78 is 4.69. The molecule has 0 amide bonds. The molecule has 0 aliphatic carbocycles. The van der Waals surface area contributed by atoms with E-state index in [9.17, 15) is 9.59 Å². The van der Waals surface area contributed by atoms with Gasteiger partial charge in [0.25, 0.3) is 0 Å². The summed E-state index contributed by atoms with van der Waals surface area (Å²) in [5, 5.41) is 0.349. The molecule has 2 aromatic rings. The number of aromatic nitrogens is 1. The number of aryl methyl sites for hydroxylation is 1. The first-order valence-electron chi connectivity index (χ1n) is 5.61. The Morgan fingerprint density at radius 1 is 1.21 bits per heavy atom. The summed E-state index contributed by atoms with van der Waals surface area (Å²) in [4.78, 5) is 27.0. The lowest BCUT2D eigenvalue weighted by atomic mass is 10.0. The third-order valence-electron chi connectivity index (χ3n) is 2.83. The average molecular weight is 278 g/mol. The zero-order chi connectivity index (χ0) is 14.0. The first-order chi connectivity index (χ1) is 9.06. The number of hydrogen-bond donors (Lipinski definition) is 1. The molecule has 98 valence electrons. The maximum atomic E-state index is 12.4. The number of nitrogens with one attached hydrogen (secondary N) is 1. The van der Waals surface area contributed by atoms with E-state index in [-0.39, 0.29) is 16.9 Å². The van der Waals surface area contributed by atoms with Gasteiger partial charge in [-0.15, -0.1) is 0 Å². The molecular weight excluding hydrogens is 266 g/mol. The molecule has 0 atom stereocenters. The van der Waals surface area contributed by atoms with Crippen LogP contribution in [0.15, 0.2) is 30.5 Å². The van der Waals surface area contributed by atoms with Gasteiger partial charge in [-0.25, -0.2) is 4.79 Å². The van der Waals surface area contributed by atoms with Gasteiger partial charge in [0.05, 0.1) is 23.3 Å². The lowest BCUT2D eigenvalue weighted by molar-refractivity contribution is 0.0597. The number of carbonyl (C=O) groups excluding carboxylic acids is 2. The van der Waals surface area contributed by atoms with Crippen LogP contribution in [0.5, 0.6) is 0 Å². The Morgan fingerprint density at radius 3 is 2.53 bits per heavy atom. The Bertz CT molecular complexity index is 646. The van der Waals surface area contributed by atoms with Crippen molar-refractivity contribution in [2.24, 2.45) is 0 Å². The van der Waals surface area contributed by atoms with Gasteiger partial charge in [0.15, 0.2) is 5.78 Å². The van der Waals surface area contributed by atoms with Gasteiger partial charge in [0.1, 0.15) is 0 Å². The fourth-order valence-corrected chi connectivity index (χ4v) is 2.08. The number of esters is 1. The normalized spacial score (nSPS) is 10.3. The summed E-state index contributed by atoms with van der Waals surface area (Å²) in [7, 11) is 1.28. The molecule has 0 saturated heterocycles. The molecule has 1 heterocycles. The van der Waals surface area contributed by atoms with Crippen LogP contribution < -0.4 is 0 Å². The Labute approximate surface area is 115 Å². The summed E-state index contributed by atoms with van der Waals surface area (Å²) in [5.41, 5.74) is 1.44. The lowest BCUT2D eigenvalue weighted by Gasteiger charge is -2.04. The smallest absolute Gasteiger partial charge is 0.340 e. The van der Waals surface area contributed by atoms with Gasteiger partial charge >= 0.3 is 5.97 Å². The quantitative estimate of drug-likeness (QED) is 0.693. The molecule has 0 spiro atoms. The summed E-state index contributed by atoms with van der Waals surface area (Å²) >= 11 is 5.99. The minimum Gasteiger partial charge on any atom is -0.465 e. The third-order valence-corrected chi connectivity index (χ3v) is 3.16. The van der Waals surface area contributed by atoms with E-state index in [1.165, 1.54) is 13.3 Å². The van der Waals surface area contributed by atoms with E-state index in [0.717, 1.165) is 0 Å². The van der Waals surface area contributed by atoms with Crippen LogP contribution in [0.3, 0.4) is 0 Å². The van der Waals surface area contributed by atoms with Crippen LogP contribution >= 0.6 is 11.6 Å². The van der Waals surface area contributed by atoms with Crippen molar-refractivity contribution < 1.29 is 14.3 Å². The maximum absolute atomic E-state index is 12.4. The van der Waals surface area contributed by atoms with E-state index in [1.807, 2.05) is 0 Å². The SMILES string of the molecule is COC(=O)c1c(C(=O)c2ccccc2Cl)c[nH]c1C. The van der Waals surface area contributed by atoms with E-state index < -0.39 is 5.97 Å². The van der Waals surface area contributed by atoms with Crippen LogP contribution in [0.1, 0.15) is 32.0 Å². The first kappa shape index (κ1) is 13.4. The highest BCUT2D eigenvalue weighted by molar-refractivity contribution is 6.35. The molecule has 19 heavy (non-hydrogen) atoms. The van der Waals surface area contributed by atoms with Gasteiger partial charge in [0.2, 0.25) is 0 Å². The molecule has 1 aromatic carbocycles. The number of ether oxygens (including phenoxy) is 1. The predicted octanol–water partition coefficient (Wildman–Crippen LogP) is 2.99. The van der Waals surface area contributed by atoms with Gasteiger partial charge in [-0.2, -0.15) is 0 Å². The molecule has 0 saturated carbocycles. The van der Waals surface area contributed by atoms with Gasteiger partial charge in [-0.05, 0) is 19.1 Å². The average Bonchev–Trinajstić information content (AvgIpc) is 2.79. The van der Waals surface area contributed by atoms with Crippen molar-refractivity contribution in [3.05, 3.63) is 57.9 Å². The number of carbonyl (C=O) groups is 2. The number of aromatic amines is 1. The van der Waals surface area contributed by atoms with Gasteiger partial charge in [-0.1, -0.05) is 23.7 Å². The Kier molecular flexibility index (Phi) is 3.71. The molecule has 0 fully saturated rings. The minimum atomic E-state index is -0.547. The molecule has 1 N–H and O–H groups in total. The van der Waals surface area contributed by atoms with Gasteiger partial charge in [-0.3, -0.25) is 4.79 Å². The van der Waals surface area contributed by atoms with Crippen molar-refractivity contribution >= 4 is 23.4 Å². The van der Waals surface area contributed by atoms with Crippen LogP contribution in [0.2, 0.25) is 5.02 Å². The molecule has 0 bridgehead atoms. The number of halogens is 1. The van der Waals surface area contributed by atoms with Crippen molar-refractivity contribution in [2.75, 3.05) is 7.11 Å². The molecule has 0 aliphatic heterocycles. The highest BCUT2D eigenvalue weighted by Crippen LogP contribution is 2.23. The number of methoxy groups -OCH3 is 1. The van der Waals surface area contributed by atoms with Crippen LogP contribution in [0.4, 0.5) is 0 Å². The summed E-state index contributed by atoms with van der Waals surface area (Å²) in [6.07, 6.45) is 1.49. The Balaban J connectivity index is 2.52. The molecule has 5 heteroatoms. The van der Waals surface area contributed by atoms with E-state index in [2.05, 4.69) is 9.72 Å². The highest BCUT2D eigenvalue weighted by Gasteiger charge is 2.23. The topological polar surface area (TPSA) is 59.2 Å². The third kappa shape index (κ3) is 2.39. The largest absolute Gasteiger partial charge is 0.465 e. The number of hydrogen-bond acceptors (Lipinski definition) is 3. The summed E-state index contributed by atoms with van der Waals surface area (Å²) in [6.45, 7) is 1.70. The van der Waals surface area contributed by atoms with E-state index in [1.54, 1.807) is 31.2 Å². The van der Waals surface area contributed by atoms with Crippen LogP contribution in [-0.4, -0.2) is 23.8 Å². The van der Waals surface area contributed by atoms with Crippen molar-refractivity contribution in [1.29, 1.82) is 0 Å². The van der Waals surface area contributed by atoms with Crippen LogP contribution in [0, 0.1) is 6.92 Å². The number of H-pyrrole nitrogens is 1. The van der Waals surface area contributed by atoms with Crippen molar-refractivity contribution in [2.45, 2.75) is 6.92 Å². The number of ketones is 1. The molecule has 2 rings (SSSR count). The maximum Gasteiger partial charge on any atom is 0.340 e. The lowest BCUT2D eigenvalue weighted by Crippen LogP contribution is -2.10. The second kappa shape index (κ2) is 5.28. The fraction of sp³-hybridized carbons (Fsp3) is 0.143. The molecular formula is C14H12ClNO3. The molecule has 0 unspecified atom stereocenters. The predicted molar refractivity (Wildman–Crippen MR) is 71.8 cm³/mol. The van der Waals surface area contributed by atoms with E-state index in [0.29, 0.717) is 16.3 Å². The monoisotopic (exact) mass is 277 g/mol. The molecule has 1 aromatic heterocycles. The first-order valence-corrected chi connectivity index (χ1v) is 5.99. The minimum absolute atomic E-state index is 0.243. The standard InChI is InChI=1S/C14H12ClNO3/c1-8-12(14(18)19-2)10(7-16-8)13(17)9-5-3-4-6-11(9)15/h3-7,16H,1-2H3. The second-order valence-electron chi connectivity index (χ2n) is 4.00. The second-order valence-corrected chi connectivity index (χ2v) is 4.41. The van der Waals surface area contributed by atoms with Crippen LogP contribution in [-0.2, 0) is 4.74 Å². The van der Waals surface area contributed by atoms with Crippen LogP contribution in [0.25, 0.3) is 0 Å². The van der Waals surface area contributed by atoms with Crippen molar-refractivity contribution in [3.63, 3.8) is 0 Å². The Morgan fingerprint density at radius 2 is 1.89 bits per heavy atom. The molecule has 0 aliphatic rings. The van der Waals surface area contributed by atoms with Gasteiger partial charge in [0, 0.05) is 17.5 Å². The number of rotatable bonds is 3. The molecule has 4 nitrogen and oxygen atoms in total. The van der Waals surface area contributed by atoms with Crippen molar-refractivity contribution in [3.8, 4) is 0 Å². The van der Waals surface area contributed by atoms with E-state index >= 15 is 0 Å². The fourth-order valence-electron chi connectivity index (χ4n) is 1.86. The van der Waals surface area contributed by atoms with E-state index in [4.69, 9.17) is 11.6 Å². The van der Waals surface area contributed by atoms with Gasteiger partial charge < -0.3 is 9.72 Å². The van der Waals surface area contributed by atoms with Crippen molar-refractivity contribution in [1.82, 2.24) is 4.98 Å². The highest BCUT2D eigenvalue weighted by atomic mass is 35.5. The zero-order valence-electron chi connectivity index (χ0n) is 10.5. The summed E-state index contributed by atoms with van der Waals surface area (Å²) in [6, 6.07) is 6.71. The Hall–Kier alpha value is -2.07. The number of benzene rings is 1. The molecule has 0 radical (unpaired) electrons. The summed E-state index contributed by atoms with van der Waals surface area (Å²) in [5.74, 6) is -0.857. The zero-order valence-corrected chi connectivity index (χ0v) is 11.2.